The van der Waals surface area contributed by atoms with E-state index in [4.69, 9.17) is 16.6 Å². The third-order valence-electron chi connectivity index (χ3n) is 6.80. The number of phenolic OH excluding ortho intramolecular Hbond substituents is 1. The van der Waals surface area contributed by atoms with E-state index in [9.17, 15) is 14.7 Å². The van der Waals surface area contributed by atoms with E-state index in [2.05, 4.69) is 23.7 Å². The number of amidine groups is 1. The van der Waals surface area contributed by atoms with Crippen molar-refractivity contribution in [3.05, 3.63) is 70.7 Å². The zero-order chi connectivity index (χ0) is 27.4. The summed E-state index contributed by atoms with van der Waals surface area (Å²) in [7, 11) is 1.69. The first-order valence-electron chi connectivity index (χ1n) is 12.6. The van der Waals surface area contributed by atoms with Crippen molar-refractivity contribution in [2.24, 2.45) is 4.99 Å². The minimum absolute atomic E-state index is 0.0234. The van der Waals surface area contributed by atoms with Gasteiger partial charge in [-0.05, 0) is 42.7 Å². The van der Waals surface area contributed by atoms with E-state index in [0.717, 1.165) is 18.4 Å². The van der Waals surface area contributed by atoms with Crippen LogP contribution >= 0.6 is 11.6 Å². The molecule has 2 heterocycles. The molecule has 8 nitrogen and oxygen atoms in total. The van der Waals surface area contributed by atoms with Gasteiger partial charge in [0.15, 0.2) is 5.82 Å². The Morgan fingerprint density at radius 3 is 2.50 bits per heavy atom. The predicted octanol–water partition coefficient (Wildman–Crippen LogP) is 5.06. The fourth-order valence-corrected chi connectivity index (χ4v) is 5.16. The molecule has 1 aromatic heterocycles. The Bertz CT molecular complexity index is 1360. The number of benzene rings is 2. The third-order valence-corrected chi connectivity index (χ3v) is 7.09. The molecular formula is C29H32ClN5O3. The minimum atomic E-state index is -0.0234. The summed E-state index contributed by atoms with van der Waals surface area (Å²) >= 11 is 6.80. The second kappa shape index (κ2) is 11.6. The molecule has 2 aromatic carbocycles. The lowest BCUT2D eigenvalue weighted by Crippen LogP contribution is -2.53. The van der Waals surface area contributed by atoms with Gasteiger partial charge in [-0.15, -0.1) is 0 Å². The van der Waals surface area contributed by atoms with E-state index in [1.807, 2.05) is 31.2 Å². The molecule has 4 rings (SSSR count). The van der Waals surface area contributed by atoms with Crippen molar-refractivity contribution in [2.45, 2.75) is 32.7 Å². The van der Waals surface area contributed by atoms with Crippen molar-refractivity contribution in [2.75, 3.05) is 31.6 Å². The van der Waals surface area contributed by atoms with Crippen molar-refractivity contribution >= 4 is 41.8 Å². The second-order valence-electron chi connectivity index (χ2n) is 9.59. The summed E-state index contributed by atoms with van der Waals surface area (Å²) in [6.07, 6.45) is 1.61. The maximum Gasteiger partial charge on any atom is 0.219 e. The van der Waals surface area contributed by atoms with Crippen LogP contribution in [-0.4, -0.2) is 71.3 Å². The summed E-state index contributed by atoms with van der Waals surface area (Å²) in [5.41, 5.74) is 3.07. The van der Waals surface area contributed by atoms with Crippen LogP contribution in [0.2, 0.25) is 5.02 Å². The van der Waals surface area contributed by atoms with Gasteiger partial charge in [0.2, 0.25) is 12.8 Å². The van der Waals surface area contributed by atoms with Gasteiger partial charge >= 0.3 is 0 Å². The number of piperazine rings is 1. The summed E-state index contributed by atoms with van der Waals surface area (Å²) in [6, 6.07) is 16.2. The second-order valence-corrected chi connectivity index (χ2v) is 9.99. The molecule has 9 heteroatoms. The molecule has 0 aliphatic carbocycles. The molecule has 0 bridgehead atoms. The number of aromatic nitrogens is 1. The number of nitrogens with zero attached hydrogens (tertiary/aromatic N) is 5. The Morgan fingerprint density at radius 1 is 1.16 bits per heavy atom. The molecular weight excluding hydrogens is 502 g/mol. The molecule has 0 radical (unpaired) electrons. The van der Waals surface area contributed by atoms with Gasteiger partial charge in [-0.3, -0.25) is 19.5 Å². The van der Waals surface area contributed by atoms with Crippen molar-refractivity contribution in [1.29, 1.82) is 0 Å². The Hall–Kier alpha value is -3.91. The van der Waals surface area contributed by atoms with Gasteiger partial charge in [0.1, 0.15) is 11.6 Å². The van der Waals surface area contributed by atoms with Crippen molar-refractivity contribution in [3.8, 4) is 17.0 Å². The average Bonchev–Trinajstić information content (AvgIpc) is 2.92. The molecule has 1 fully saturated rings. The summed E-state index contributed by atoms with van der Waals surface area (Å²) in [4.78, 5) is 39.0. The number of phenols is 1. The zero-order valence-electron chi connectivity index (χ0n) is 22.0. The van der Waals surface area contributed by atoms with Crippen LogP contribution in [0.3, 0.4) is 0 Å². The van der Waals surface area contributed by atoms with Crippen LogP contribution in [0.15, 0.2) is 59.6 Å². The number of carbonyl (C=O) groups excluding carboxylic acids is 2. The molecule has 1 atom stereocenters. The monoisotopic (exact) mass is 533 g/mol. The van der Waals surface area contributed by atoms with Gasteiger partial charge in [-0.25, -0.2) is 4.98 Å². The molecule has 1 aliphatic rings. The molecule has 0 saturated carbocycles. The van der Waals surface area contributed by atoms with E-state index in [-0.39, 0.29) is 17.7 Å². The molecule has 0 spiro atoms. The number of anilines is 2. The van der Waals surface area contributed by atoms with Crippen molar-refractivity contribution in [1.82, 2.24) is 14.8 Å². The van der Waals surface area contributed by atoms with E-state index in [0.29, 0.717) is 58.8 Å². The van der Waals surface area contributed by atoms with Gasteiger partial charge in [0, 0.05) is 38.3 Å². The molecule has 1 saturated heterocycles. The maximum atomic E-state index is 12.8. The van der Waals surface area contributed by atoms with Crippen molar-refractivity contribution < 1.29 is 14.7 Å². The quantitative estimate of drug-likeness (QED) is 0.260. The number of amides is 2. The van der Waals surface area contributed by atoms with Gasteiger partial charge in [0.25, 0.3) is 0 Å². The first-order chi connectivity index (χ1) is 18.3. The molecule has 38 heavy (non-hydrogen) atoms. The maximum absolute atomic E-state index is 12.8. The first-order valence-corrected chi connectivity index (χ1v) is 12.9. The van der Waals surface area contributed by atoms with Gasteiger partial charge in [0.05, 0.1) is 22.0 Å². The highest BCUT2D eigenvalue weighted by atomic mass is 35.5. The largest absolute Gasteiger partial charge is 0.507 e. The minimum Gasteiger partial charge on any atom is -0.507 e. The SMILES string of the molecule is CN=C(c1cc(Cl)c(-c2ccccc2O)nc1N(C=O)c1ccccc1C(C)C)N1CCN(C=O)CC1C. The number of pyridine rings is 1. The summed E-state index contributed by atoms with van der Waals surface area (Å²) in [5, 5.41) is 10.9. The number of aromatic hydroxyl groups is 1. The lowest BCUT2D eigenvalue weighted by Gasteiger charge is -2.40. The fraction of sp³-hybridized carbons (Fsp3) is 0.310. The third kappa shape index (κ3) is 5.22. The van der Waals surface area contributed by atoms with E-state index in [1.165, 1.54) is 4.90 Å². The normalized spacial score (nSPS) is 16.1. The molecule has 1 unspecified atom stereocenters. The summed E-state index contributed by atoms with van der Waals surface area (Å²) in [5.74, 6) is 1.15. The van der Waals surface area contributed by atoms with Gasteiger partial charge in [-0.1, -0.05) is 55.8 Å². The van der Waals surface area contributed by atoms with Crippen LogP contribution in [0.5, 0.6) is 5.75 Å². The topological polar surface area (TPSA) is 89.3 Å². The lowest BCUT2D eigenvalue weighted by atomic mass is 10.00. The number of aliphatic imine (C=N–C) groups is 1. The van der Waals surface area contributed by atoms with Crippen LogP contribution in [0.25, 0.3) is 11.3 Å². The number of para-hydroxylation sites is 2. The summed E-state index contributed by atoms with van der Waals surface area (Å²) < 4.78 is 0. The molecule has 1 aliphatic heterocycles. The van der Waals surface area contributed by atoms with Crippen LogP contribution < -0.4 is 4.90 Å². The Kier molecular flexibility index (Phi) is 8.32. The highest BCUT2D eigenvalue weighted by molar-refractivity contribution is 6.33. The van der Waals surface area contributed by atoms with Crippen LogP contribution in [-0.2, 0) is 9.59 Å². The highest BCUT2D eigenvalue weighted by Crippen LogP contribution is 2.39. The summed E-state index contributed by atoms with van der Waals surface area (Å²) in [6.45, 7) is 7.82. The van der Waals surface area contributed by atoms with Crippen LogP contribution in [0, 0.1) is 0 Å². The lowest BCUT2D eigenvalue weighted by molar-refractivity contribution is -0.120. The fourth-order valence-electron chi connectivity index (χ4n) is 4.91. The number of hydrogen-bond donors (Lipinski definition) is 1. The number of carbonyl (C=O) groups is 2. The molecule has 3 aromatic rings. The van der Waals surface area contributed by atoms with Gasteiger partial charge < -0.3 is 14.9 Å². The number of rotatable bonds is 7. The predicted molar refractivity (Wildman–Crippen MR) is 151 cm³/mol. The van der Waals surface area contributed by atoms with Crippen molar-refractivity contribution in [3.63, 3.8) is 0 Å². The van der Waals surface area contributed by atoms with Crippen LogP contribution in [0.1, 0.15) is 37.8 Å². The molecule has 198 valence electrons. The number of hydrogen-bond acceptors (Lipinski definition) is 5. The first kappa shape index (κ1) is 27.1. The Balaban J connectivity index is 1.96. The highest BCUT2D eigenvalue weighted by Gasteiger charge is 2.31. The molecule has 2 amide bonds. The van der Waals surface area contributed by atoms with Gasteiger partial charge in [-0.2, -0.15) is 0 Å². The van der Waals surface area contributed by atoms with Crippen LogP contribution in [0.4, 0.5) is 11.5 Å². The Morgan fingerprint density at radius 2 is 1.87 bits per heavy atom. The Labute approximate surface area is 228 Å². The molecule has 1 N–H and O–H groups in total. The zero-order valence-corrected chi connectivity index (χ0v) is 22.8. The van der Waals surface area contributed by atoms with E-state index in [1.54, 1.807) is 42.3 Å². The smallest absolute Gasteiger partial charge is 0.219 e. The number of halogens is 1. The van der Waals surface area contributed by atoms with E-state index < -0.39 is 0 Å². The average molecular weight is 534 g/mol. The van der Waals surface area contributed by atoms with E-state index >= 15 is 0 Å². The standard InChI is InChI=1S/C29H32ClN5O3/c1-19(2)21-9-5-7-11-25(21)35(18-37)29-23(28(31-4)34-14-13-33(17-36)16-20(34)3)15-24(30)27(32-29)22-10-6-8-12-26(22)38/h5-12,15,17-20,38H,13-14,16H2,1-4H3.